The van der Waals surface area contributed by atoms with Crippen LogP contribution in [0, 0.1) is 11.6 Å². The topological polar surface area (TPSA) is 12.0 Å². The average molecular weight is 268 g/mol. The van der Waals surface area contributed by atoms with Crippen LogP contribution >= 0.6 is 11.6 Å². The molecule has 0 aliphatic rings. The van der Waals surface area contributed by atoms with Gasteiger partial charge in [-0.2, -0.15) is 0 Å². The lowest BCUT2D eigenvalue weighted by molar-refractivity contribution is 0.500. The summed E-state index contributed by atoms with van der Waals surface area (Å²) in [4.78, 5) is 0. The summed E-state index contributed by atoms with van der Waals surface area (Å²) in [5, 5.41) is 3.04. The maximum atomic E-state index is 13.4. The fourth-order valence-corrected chi connectivity index (χ4v) is 1.81. The molecule has 2 aromatic carbocycles. The Bertz CT molecular complexity index is 543. The smallest absolute Gasteiger partial charge is 0.163 e. The maximum absolute atomic E-state index is 13.4. The standard InChI is InChI=1S/C14H12ClF2N/c15-8-10-3-1-5-12(7-10)18-9-11-4-2-6-13(16)14(11)17/h1-7,18H,8-9H2. The SMILES string of the molecule is Fc1cccc(CNc2cccc(CCl)c2)c1F. The third-order valence-electron chi connectivity index (χ3n) is 2.60. The summed E-state index contributed by atoms with van der Waals surface area (Å²) in [6.45, 7) is 0.231. The molecule has 2 rings (SSSR count). The van der Waals surface area contributed by atoms with Crippen LogP contribution in [0.3, 0.4) is 0 Å². The van der Waals surface area contributed by atoms with Crippen molar-refractivity contribution in [2.45, 2.75) is 12.4 Å². The first kappa shape index (κ1) is 12.8. The summed E-state index contributed by atoms with van der Waals surface area (Å²) >= 11 is 5.72. The van der Waals surface area contributed by atoms with Gasteiger partial charge in [-0.15, -0.1) is 11.6 Å². The third-order valence-corrected chi connectivity index (χ3v) is 2.90. The normalized spacial score (nSPS) is 10.4. The predicted molar refractivity (Wildman–Crippen MR) is 69.7 cm³/mol. The first-order valence-corrected chi connectivity index (χ1v) is 6.06. The molecule has 0 aliphatic carbocycles. The number of hydrogen-bond acceptors (Lipinski definition) is 1. The molecule has 0 atom stereocenters. The number of nitrogens with one attached hydrogen (secondary N) is 1. The van der Waals surface area contributed by atoms with Crippen molar-refractivity contribution in [3.8, 4) is 0 Å². The molecule has 18 heavy (non-hydrogen) atoms. The molecule has 0 unspecified atom stereocenters. The van der Waals surface area contributed by atoms with Crippen molar-refractivity contribution in [1.82, 2.24) is 0 Å². The van der Waals surface area contributed by atoms with Gasteiger partial charge in [-0.1, -0.05) is 24.3 Å². The van der Waals surface area contributed by atoms with Crippen LogP contribution in [0.4, 0.5) is 14.5 Å². The van der Waals surface area contributed by atoms with Gasteiger partial charge >= 0.3 is 0 Å². The maximum Gasteiger partial charge on any atom is 0.163 e. The van der Waals surface area contributed by atoms with E-state index in [0.717, 1.165) is 17.3 Å². The highest BCUT2D eigenvalue weighted by Gasteiger charge is 2.06. The zero-order valence-electron chi connectivity index (χ0n) is 9.59. The third kappa shape index (κ3) is 2.99. The minimum Gasteiger partial charge on any atom is -0.381 e. The highest BCUT2D eigenvalue weighted by atomic mass is 35.5. The quantitative estimate of drug-likeness (QED) is 0.814. The number of hydrogen-bond donors (Lipinski definition) is 1. The van der Waals surface area contributed by atoms with Crippen LogP contribution < -0.4 is 5.32 Å². The molecule has 0 amide bonds. The van der Waals surface area contributed by atoms with Crippen molar-refractivity contribution in [2.75, 3.05) is 5.32 Å². The van der Waals surface area contributed by atoms with E-state index in [9.17, 15) is 8.78 Å². The van der Waals surface area contributed by atoms with E-state index in [0.29, 0.717) is 11.4 Å². The monoisotopic (exact) mass is 267 g/mol. The van der Waals surface area contributed by atoms with Gasteiger partial charge in [0.1, 0.15) is 0 Å². The van der Waals surface area contributed by atoms with Crippen molar-refractivity contribution in [2.24, 2.45) is 0 Å². The van der Waals surface area contributed by atoms with Crippen LogP contribution in [0.5, 0.6) is 0 Å². The molecule has 0 heterocycles. The van der Waals surface area contributed by atoms with E-state index >= 15 is 0 Å². The molecule has 1 nitrogen and oxygen atoms in total. The van der Waals surface area contributed by atoms with Gasteiger partial charge in [0.15, 0.2) is 11.6 Å². The van der Waals surface area contributed by atoms with Crippen LogP contribution in [0.15, 0.2) is 42.5 Å². The number of rotatable bonds is 4. The van der Waals surface area contributed by atoms with Gasteiger partial charge in [-0.25, -0.2) is 8.78 Å². The average Bonchev–Trinajstić information content (AvgIpc) is 2.41. The van der Waals surface area contributed by atoms with Crippen LogP contribution in [-0.4, -0.2) is 0 Å². The van der Waals surface area contributed by atoms with Gasteiger partial charge in [-0.05, 0) is 23.8 Å². The van der Waals surface area contributed by atoms with Gasteiger partial charge in [0.25, 0.3) is 0 Å². The van der Waals surface area contributed by atoms with E-state index in [1.54, 1.807) is 6.07 Å². The van der Waals surface area contributed by atoms with E-state index in [-0.39, 0.29) is 6.54 Å². The van der Waals surface area contributed by atoms with Gasteiger partial charge < -0.3 is 5.32 Å². The van der Waals surface area contributed by atoms with E-state index in [1.165, 1.54) is 6.07 Å². The lowest BCUT2D eigenvalue weighted by atomic mass is 10.2. The molecule has 0 spiro atoms. The van der Waals surface area contributed by atoms with E-state index in [1.807, 2.05) is 24.3 Å². The summed E-state index contributed by atoms with van der Waals surface area (Å²) in [6, 6.07) is 11.6. The van der Waals surface area contributed by atoms with Crippen molar-refractivity contribution in [3.05, 3.63) is 65.2 Å². The molecule has 0 bridgehead atoms. The molecule has 94 valence electrons. The molecule has 2 aromatic rings. The fourth-order valence-electron chi connectivity index (χ4n) is 1.65. The predicted octanol–water partition coefficient (Wildman–Crippen LogP) is 4.32. The Hall–Kier alpha value is -1.61. The highest BCUT2D eigenvalue weighted by molar-refractivity contribution is 6.17. The minimum absolute atomic E-state index is 0.231. The Morgan fingerprint density at radius 1 is 1.06 bits per heavy atom. The molecule has 0 aromatic heterocycles. The van der Waals surface area contributed by atoms with Crippen LogP contribution in [0.2, 0.25) is 0 Å². The summed E-state index contributed by atoms with van der Waals surface area (Å²) in [5.74, 6) is -1.22. The summed E-state index contributed by atoms with van der Waals surface area (Å²) in [7, 11) is 0. The fraction of sp³-hybridized carbons (Fsp3) is 0.143. The Labute approximate surface area is 109 Å². The second-order valence-corrected chi connectivity index (χ2v) is 4.17. The van der Waals surface area contributed by atoms with Gasteiger partial charge in [-0.3, -0.25) is 0 Å². The molecule has 0 saturated heterocycles. The largest absolute Gasteiger partial charge is 0.381 e. The Morgan fingerprint density at radius 3 is 2.61 bits per heavy atom. The zero-order valence-corrected chi connectivity index (χ0v) is 10.3. The molecule has 0 aliphatic heterocycles. The molecule has 1 N–H and O–H groups in total. The lowest BCUT2D eigenvalue weighted by Gasteiger charge is -2.08. The van der Waals surface area contributed by atoms with Crippen molar-refractivity contribution < 1.29 is 8.78 Å². The van der Waals surface area contributed by atoms with Crippen LogP contribution in [-0.2, 0) is 12.4 Å². The molecule has 0 fully saturated rings. The number of halogens is 3. The first-order valence-electron chi connectivity index (χ1n) is 5.52. The van der Waals surface area contributed by atoms with Crippen molar-refractivity contribution >= 4 is 17.3 Å². The number of benzene rings is 2. The molecular formula is C14H12ClF2N. The second-order valence-electron chi connectivity index (χ2n) is 3.90. The molecule has 0 saturated carbocycles. The van der Waals surface area contributed by atoms with Crippen LogP contribution in [0.25, 0.3) is 0 Å². The Kier molecular flexibility index (Phi) is 4.15. The summed E-state index contributed by atoms with van der Waals surface area (Å²) in [5.41, 5.74) is 2.10. The summed E-state index contributed by atoms with van der Waals surface area (Å²) in [6.07, 6.45) is 0. The van der Waals surface area contributed by atoms with E-state index in [4.69, 9.17) is 11.6 Å². The Balaban J connectivity index is 2.09. The molecular weight excluding hydrogens is 256 g/mol. The highest BCUT2D eigenvalue weighted by Crippen LogP contribution is 2.16. The van der Waals surface area contributed by atoms with E-state index < -0.39 is 11.6 Å². The minimum atomic E-state index is -0.830. The van der Waals surface area contributed by atoms with Gasteiger partial charge in [0, 0.05) is 23.7 Å². The zero-order chi connectivity index (χ0) is 13.0. The van der Waals surface area contributed by atoms with Gasteiger partial charge in [0.2, 0.25) is 0 Å². The Morgan fingerprint density at radius 2 is 1.83 bits per heavy atom. The van der Waals surface area contributed by atoms with Crippen LogP contribution in [0.1, 0.15) is 11.1 Å². The summed E-state index contributed by atoms with van der Waals surface area (Å²) < 4.78 is 26.4. The molecule has 4 heteroatoms. The van der Waals surface area contributed by atoms with Gasteiger partial charge in [0.05, 0.1) is 0 Å². The second kappa shape index (κ2) is 5.83. The van der Waals surface area contributed by atoms with Crippen molar-refractivity contribution in [3.63, 3.8) is 0 Å². The number of anilines is 1. The molecule has 0 radical (unpaired) electrons. The first-order chi connectivity index (χ1) is 8.70. The number of alkyl halides is 1. The lowest BCUT2D eigenvalue weighted by Crippen LogP contribution is -2.03. The van der Waals surface area contributed by atoms with Crippen molar-refractivity contribution in [1.29, 1.82) is 0 Å². The van der Waals surface area contributed by atoms with E-state index in [2.05, 4.69) is 5.32 Å².